The van der Waals surface area contributed by atoms with Gasteiger partial charge in [0.25, 0.3) is 0 Å². The molecule has 0 aliphatic carbocycles. The van der Waals surface area contributed by atoms with Crippen molar-refractivity contribution in [2.24, 2.45) is 0 Å². The van der Waals surface area contributed by atoms with Crippen LogP contribution in [0.2, 0.25) is 0 Å². The molecule has 0 N–H and O–H groups in total. The van der Waals surface area contributed by atoms with E-state index in [2.05, 4.69) is 29.0 Å². The first-order valence-electron chi connectivity index (χ1n) is 3.84. The van der Waals surface area contributed by atoms with Gasteiger partial charge in [-0.3, -0.25) is 0 Å². The molecule has 4 heteroatoms. The van der Waals surface area contributed by atoms with Crippen molar-refractivity contribution in [3.8, 4) is 0 Å². The topological polar surface area (TPSA) is 38.7 Å². The minimum absolute atomic E-state index is 0.488. The van der Waals surface area contributed by atoms with Gasteiger partial charge in [0.15, 0.2) is 0 Å². The molecule has 0 amide bonds. The van der Waals surface area contributed by atoms with Crippen LogP contribution >= 0.6 is 11.3 Å². The lowest BCUT2D eigenvalue weighted by molar-refractivity contribution is 0.856. The van der Waals surface area contributed by atoms with Crippen LogP contribution in [-0.4, -0.2) is 15.2 Å². The molecule has 0 aliphatic heterocycles. The molecule has 2 heterocycles. The second-order valence-corrected chi connectivity index (χ2v) is 4.01. The summed E-state index contributed by atoms with van der Waals surface area (Å²) >= 11 is 1.69. The van der Waals surface area contributed by atoms with Gasteiger partial charge in [-0.15, -0.1) is 11.3 Å². The minimum atomic E-state index is 0.488. The molecule has 0 saturated heterocycles. The maximum atomic E-state index is 4.43. The van der Waals surface area contributed by atoms with Gasteiger partial charge >= 0.3 is 0 Å². The first-order chi connectivity index (χ1) is 5.77. The summed E-state index contributed by atoms with van der Waals surface area (Å²) in [5, 5.41) is 8.74. The van der Waals surface area contributed by atoms with Crippen molar-refractivity contribution < 1.29 is 0 Å². The third-order valence-corrected chi connectivity index (χ3v) is 2.92. The molecule has 0 radical (unpaired) electrons. The van der Waals surface area contributed by atoms with Crippen molar-refractivity contribution in [1.82, 2.24) is 15.2 Å². The Labute approximate surface area is 74.5 Å². The normalized spacial score (nSPS) is 11.2. The molecule has 0 unspecified atom stereocenters. The first kappa shape index (κ1) is 7.61. The summed E-state index contributed by atoms with van der Waals surface area (Å²) < 4.78 is 1.12. The van der Waals surface area contributed by atoms with Crippen LogP contribution < -0.4 is 0 Å². The first-order valence-corrected chi connectivity index (χ1v) is 4.66. The zero-order valence-electron chi connectivity index (χ0n) is 6.98. The summed E-state index contributed by atoms with van der Waals surface area (Å²) in [4.78, 5) is 4.43. The molecule has 2 rings (SSSR count). The van der Waals surface area contributed by atoms with Crippen molar-refractivity contribution in [3.63, 3.8) is 0 Å². The van der Waals surface area contributed by atoms with Gasteiger partial charge in [0.1, 0.15) is 5.52 Å². The van der Waals surface area contributed by atoms with Gasteiger partial charge in [0.05, 0.1) is 22.1 Å². The maximum absolute atomic E-state index is 4.43. The fraction of sp³-hybridized carbons (Fsp3) is 0.375. The van der Waals surface area contributed by atoms with Crippen LogP contribution in [0.5, 0.6) is 0 Å². The van der Waals surface area contributed by atoms with E-state index in [1.807, 2.05) is 0 Å². The highest BCUT2D eigenvalue weighted by Gasteiger charge is 2.06. The van der Waals surface area contributed by atoms with E-state index >= 15 is 0 Å². The van der Waals surface area contributed by atoms with Gasteiger partial charge < -0.3 is 0 Å². The number of hydrogen-bond acceptors (Lipinski definition) is 4. The molecule has 0 bridgehead atoms. The summed E-state index contributed by atoms with van der Waals surface area (Å²) in [6.07, 6.45) is 3.47. The molecule has 0 spiro atoms. The SMILES string of the molecule is CC(C)c1nc2cnncc2s1. The van der Waals surface area contributed by atoms with Gasteiger partial charge in [-0.25, -0.2) is 4.98 Å². The molecular formula is C8H9N3S. The Morgan fingerprint density at radius 2 is 2.00 bits per heavy atom. The van der Waals surface area contributed by atoms with Gasteiger partial charge in [-0.2, -0.15) is 10.2 Å². The number of fused-ring (bicyclic) bond motifs is 1. The van der Waals surface area contributed by atoms with Crippen molar-refractivity contribution in [2.45, 2.75) is 19.8 Å². The second kappa shape index (κ2) is 2.79. The lowest BCUT2D eigenvalue weighted by atomic mass is 10.2. The average Bonchev–Trinajstić information content (AvgIpc) is 2.46. The number of thiazole rings is 1. The van der Waals surface area contributed by atoms with Crippen LogP contribution in [0.3, 0.4) is 0 Å². The summed E-state index contributed by atoms with van der Waals surface area (Å²) in [5.74, 6) is 0.488. The van der Waals surface area contributed by atoms with E-state index in [9.17, 15) is 0 Å². The standard InChI is InChI=1S/C8H9N3S/c1-5(2)8-11-6-3-9-10-4-7(6)12-8/h3-5H,1-2H3. The predicted molar refractivity (Wildman–Crippen MR) is 49.3 cm³/mol. The Balaban J connectivity index is 2.62. The van der Waals surface area contributed by atoms with E-state index in [0.717, 1.165) is 15.2 Å². The van der Waals surface area contributed by atoms with E-state index in [4.69, 9.17) is 0 Å². The van der Waals surface area contributed by atoms with Gasteiger partial charge in [0.2, 0.25) is 0 Å². The largest absolute Gasteiger partial charge is 0.239 e. The highest BCUT2D eigenvalue weighted by Crippen LogP contribution is 2.25. The molecule has 62 valence electrons. The molecule has 0 atom stereocenters. The summed E-state index contributed by atoms with van der Waals surface area (Å²) in [7, 11) is 0. The Kier molecular flexibility index (Phi) is 1.77. The molecule has 0 aliphatic rings. The van der Waals surface area contributed by atoms with E-state index in [1.54, 1.807) is 23.7 Å². The Hall–Kier alpha value is -1.03. The van der Waals surface area contributed by atoms with Gasteiger partial charge in [0, 0.05) is 5.92 Å². The van der Waals surface area contributed by atoms with E-state index in [0.29, 0.717) is 5.92 Å². The molecule has 3 nitrogen and oxygen atoms in total. The summed E-state index contributed by atoms with van der Waals surface area (Å²) in [5.41, 5.74) is 0.957. The lowest BCUT2D eigenvalue weighted by Crippen LogP contribution is -1.83. The van der Waals surface area contributed by atoms with Crippen molar-refractivity contribution in [3.05, 3.63) is 17.4 Å². The zero-order chi connectivity index (χ0) is 8.55. The number of rotatable bonds is 1. The van der Waals surface area contributed by atoms with E-state index in [1.165, 1.54) is 0 Å². The van der Waals surface area contributed by atoms with Crippen molar-refractivity contribution >= 4 is 21.6 Å². The van der Waals surface area contributed by atoms with Crippen LogP contribution in [0, 0.1) is 0 Å². The zero-order valence-corrected chi connectivity index (χ0v) is 7.80. The Morgan fingerprint density at radius 1 is 1.25 bits per heavy atom. The average molecular weight is 179 g/mol. The Bertz CT molecular complexity index is 361. The van der Waals surface area contributed by atoms with Crippen LogP contribution in [-0.2, 0) is 0 Å². The monoisotopic (exact) mass is 179 g/mol. The van der Waals surface area contributed by atoms with E-state index < -0.39 is 0 Å². The second-order valence-electron chi connectivity index (χ2n) is 2.95. The van der Waals surface area contributed by atoms with Crippen LogP contribution in [0.1, 0.15) is 24.8 Å². The van der Waals surface area contributed by atoms with E-state index in [-0.39, 0.29) is 0 Å². The summed E-state index contributed by atoms with van der Waals surface area (Å²) in [6.45, 7) is 4.27. The van der Waals surface area contributed by atoms with Crippen LogP contribution in [0.4, 0.5) is 0 Å². The predicted octanol–water partition coefficient (Wildman–Crippen LogP) is 2.21. The fourth-order valence-electron chi connectivity index (χ4n) is 0.967. The summed E-state index contributed by atoms with van der Waals surface area (Å²) in [6, 6.07) is 0. The number of nitrogens with zero attached hydrogens (tertiary/aromatic N) is 3. The third-order valence-electron chi connectivity index (χ3n) is 1.61. The van der Waals surface area contributed by atoms with Crippen molar-refractivity contribution in [2.75, 3.05) is 0 Å². The quantitative estimate of drug-likeness (QED) is 0.673. The molecule has 2 aromatic rings. The number of hydrogen-bond donors (Lipinski definition) is 0. The smallest absolute Gasteiger partial charge is 0.103 e. The number of aromatic nitrogens is 3. The maximum Gasteiger partial charge on any atom is 0.103 e. The van der Waals surface area contributed by atoms with Crippen molar-refractivity contribution in [1.29, 1.82) is 0 Å². The molecule has 0 saturated carbocycles. The molecule has 2 aromatic heterocycles. The highest BCUT2D eigenvalue weighted by atomic mass is 32.1. The van der Waals surface area contributed by atoms with Gasteiger partial charge in [-0.05, 0) is 0 Å². The molecule has 0 fully saturated rings. The van der Waals surface area contributed by atoms with Crippen LogP contribution in [0.25, 0.3) is 10.2 Å². The fourth-order valence-corrected chi connectivity index (χ4v) is 1.88. The Morgan fingerprint density at radius 3 is 2.67 bits per heavy atom. The van der Waals surface area contributed by atoms with Crippen LogP contribution in [0.15, 0.2) is 12.4 Å². The minimum Gasteiger partial charge on any atom is -0.239 e. The highest BCUT2D eigenvalue weighted by molar-refractivity contribution is 7.18. The molecule has 0 aromatic carbocycles. The lowest BCUT2D eigenvalue weighted by Gasteiger charge is -1.94. The molecule has 12 heavy (non-hydrogen) atoms. The van der Waals surface area contributed by atoms with Gasteiger partial charge in [-0.1, -0.05) is 13.8 Å². The third kappa shape index (κ3) is 1.18. The molecular weight excluding hydrogens is 170 g/mol.